The molecule has 6 N–H and O–H groups in total. The van der Waals surface area contributed by atoms with E-state index in [1.54, 1.807) is 23.2 Å². The van der Waals surface area contributed by atoms with Gasteiger partial charge >= 0.3 is 5.97 Å². The van der Waals surface area contributed by atoms with Gasteiger partial charge in [0.15, 0.2) is 0 Å². The highest BCUT2D eigenvalue weighted by Crippen LogP contribution is 2.57. The molecular formula is C51H67N7O9. The molecule has 0 radical (unpaired) electrons. The lowest BCUT2D eigenvalue weighted by molar-refractivity contribution is -0.189. The van der Waals surface area contributed by atoms with E-state index in [-0.39, 0.29) is 30.4 Å². The predicted octanol–water partition coefficient (Wildman–Crippen LogP) is 3.53. The molecular weight excluding hydrogens is 855 g/mol. The fourth-order valence-corrected chi connectivity index (χ4v) is 11.0. The number of carbonyl (C=O) groups is 7. The third kappa shape index (κ3) is 12.8. The van der Waals surface area contributed by atoms with Crippen molar-refractivity contribution in [3.63, 3.8) is 0 Å². The maximum absolute atomic E-state index is 14.1. The maximum atomic E-state index is 14.1. The SMILES string of the molecule is CC(C)C[C@@H](NC(=O)[C@H](Cc1ccccc1)NC(=O)CNC(=O)[C@@H](C)NC(=O)[C@H](Cc1ccc(O)cc1)NC(=O)[C@@H]1CCCN1C(=O)C1=CN(C)C=CC1)C(=O)OC12CC3CC(CC(C3)C1)C2. The van der Waals surface area contributed by atoms with Crippen LogP contribution in [-0.4, -0.2) is 112 Å². The number of carbonyl (C=O) groups excluding carboxylic acids is 7. The summed E-state index contributed by atoms with van der Waals surface area (Å²) in [5.41, 5.74) is 1.46. The summed E-state index contributed by atoms with van der Waals surface area (Å²) in [6, 6.07) is 10.2. The molecule has 5 fully saturated rings. The van der Waals surface area contributed by atoms with Gasteiger partial charge in [-0.1, -0.05) is 62.4 Å². The Kier molecular flexibility index (Phi) is 15.7. The Morgan fingerprint density at radius 2 is 1.37 bits per heavy atom. The predicted molar refractivity (Wildman–Crippen MR) is 249 cm³/mol. The van der Waals surface area contributed by atoms with Crippen LogP contribution in [-0.2, 0) is 51.1 Å². The number of nitrogens with one attached hydrogen (secondary N) is 5. The molecule has 2 aliphatic heterocycles. The average Bonchev–Trinajstić information content (AvgIpc) is 3.78. The zero-order valence-electron chi connectivity index (χ0n) is 39.1. The van der Waals surface area contributed by atoms with E-state index in [9.17, 15) is 38.7 Å². The van der Waals surface area contributed by atoms with Crippen molar-refractivity contribution in [2.24, 2.45) is 23.7 Å². The fourth-order valence-electron chi connectivity index (χ4n) is 11.0. The van der Waals surface area contributed by atoms with Gasteiger partial charge in [0.25, 0.3) is 5.91 Å². The lowest BCUT2D eigenvalue weighted by Gasteiger charge is -2.55. The topological polar surface area (TPSA) is 216 Å². The van der Waals surface area contributed by atoms with Crippen LogP contribution in [0.5, 0.6) is 5.75 Å². The van der Waals surface area contributed by atoms with Gasteiger partial charge in [-0.25, -0.2) is 4.79 Å². The zero-order chi connectivity index (χ0) is 47.8. The number of rotatable bonds is 19. The molecule has 2 aromatic rings. The van der Waals surface area contributed by atoms with E-state index in [1.807, 2.05) is 63.5 Å². The van der Waals surface area contributed by atoms with Crippen molar-refractivity contribution in [2.45, 2.75) is 134 Å². The highest BCUT2D eigenvalue weighted by atomic mass is 16.6. The smallest absolute Gasteiger partial charge is 0.329 e. The first-order valence-electron chi connectivity index (χ1n) is 24.0. The van der Waals surface area contributed by atoms with Crippen LogP contribution in [0.15, 0.2) is 78.6 Å². The quantitative estimate of drug-likeness (QED) is 0.113. The molecule has 4 saturated carbocycles. The first-order chi connectivity index (χ1) is 32.0. The number of likely N-dealkylation sites (tertiary alicyclic amines) is 1. The summed E-state index contributed by atoms with van der Waals surface area (Å²) in [4.78, 5) is 99.5. The molecule has 0 unspecified atom stereocenters. The normalized spacial score (nSPS) is 24.5. The minimum absolute atomic E-state index is 0.0128. The summed E-state index contributed by atoms with van der Waals surface area (Å²) in [6.45, 7) is 5.24. The van der Waals surface area contributed by atoms with E-state index in [4.69, 9.17) is 4.74 Å². The molecule has 1 saturated heterocycles. The van der Waals surface area contributed by atoms with Crippen LogP contribution in [0.2, 0.25) is 0 Å². The van der Waals surface area contributed by atoms with Gasteiger partial charge < -0.3 is 46.2 Å². The summed E-state index contributed by atoms with van der Waals surface area (Å²) in [5, 5.41) is 23.5. The number of benzene rings is 2. The second-order valence-electron chi connectivity index (χ2n) is 20.0. The Labute approximate surface area is 393 Å². The summed E-state index contributed by atoms with van der Waals surface area (Å²) in [5.74, 6) is -2.01. The number of hydrogen-bond acceptors (Lipinski definition) is 10. The van der Waals surface area contributed by atoms with Crippen molar-refractivity contribution < 1.29 is 43.4 Å². The summed E-state index contributed by atoms with van der Waals surface area (Å²) >= 11 is 0. The largest absolute Gasteiger partial charge is 0.508 e. The molecule has 0 spiro atoms. The van der Waals surface area contributed by atoms with E-state index in [0.29, 0.717) is 61.1 Å². The molecule has 6 aliphatic rings. The third-order valence-electron chi connectivity index (χ3n) is 13.9. The number of ether oxygens (including phenoxy) is 1. The van der Waals surface area contributed by atoms with Crippen LogP contribution >= 0.6 is 0 Å². The number of amides is 6. The molecule has 67 heavy (non-hydrogen) atoms. The molecule has 16 nitrogen and oxygen atoms in total. The van der Waals surface area contributed by atoms with E-state index >= 15 is 0 Å². The minimum atomic E-state index is -1.17. The van der Waals surface area contributed by atoms with Crippen molar-refractivity contribution in [2.75, 3.05) is 20.1 Å². The summed E-state index contributed by atoms with van der Waals surface area (Å²) < 4.78 is 6.37. The van der Waals surface area contributed by atoms with E-state index in [1.165, 1.54) is 43.2 Å². The Morgan fingerprint density at radius 3 is 2.00 bits per heavy atom. The molecule has 8 rings (SSSR count). The van der Waals surface area contributed by atoms with Gasteiger partial charge in [0, 0.05) is 38.2 Å². The molecule has 16 heteroatoms. The van der Waals surface area contributed by atoms with Gasteiger partial charge in [-0.3, -0.25) is 28.8 Å². The Bertz CT molecular complexity index is 2170. The standard InChI is InChI=1S/C51H67N7O9/c1-31(2)20-42(50(66)67-51-26-35-21-36(27-51)23-37(22-35)28-51)56-47(63)40(24-33-10-6-5-7-11-33)54-44(60)29-52-45(61)32(3)53-46(62)41(25-34-14-16-39(59)17-15-34)55-48(64)43-13-9-19-58(43)49(65)38-12-8-18-57(4)30-38/h5-8,10-11,14-18,30-32,35-37,40-43,59H,9,12-13,19-29H2,1-4H3,(H,52,61)(H,53,62)(H,54,60)(H,55,64)(H,56,63)/t32-,35?,36?,37?,40+,41+,42-,43+,51?/m1/s1. The molecule has 5 atom stereocenters. The second kappa shape index (κ2) is 21.6. The average molecular weight is 922 g/mol. The van der Waals surface area contributed by atoms with Crippen LogP contribution < -0.4 is 26.6 Å². The number of phenolic OH excluding ortho intramolecular Hbond substituents is 1. The number of phenols is 1. The molecule has 2 heterocycles. The van der Waals surface area contributed by atoms with E-state index in [0.717, 1.165) is 24.8 Å². The van der Waals surface area contributed by atoms with E-state index in [2.05, 4.69) is 26.6 Å². The second-order valence-corrected chi connectivity index (χ2v) is 20.0. The van der Waals surface area contributed by atoms with Crippen molar-refractivity contribution in [3.8, 4) is 5.75 Å². The van der Waals surface area contributed by atoms with Crippen molar-refractivity contribution in [1.29, 1.82) is 0 Å². The Morgan fingerprint density at radius 1 is 0.761 bits per heavy atom. The maximum Gasteiger partial charge on any atom is 0.329 e. The number of hydrogen-bond donors (Lipinski definition) is 6. The van der Waals surface area contributed by atoms with Crippen LogP contribution in [0.1, 0.15) is 96.1 Å². The molecule has 6 amide bonds. The van der Waals surface area contributed by atoms with Crippen LogP contribution in [0, 0.1) is 23.7 Å². The molecule has 4 aliphatic carbocycles. The first kappa shape index (κ1) is 48.7. The molecule has 0 aromatic heterocycles. The van der Waals surface area contributed by atoms with E-state index < -0.39 is 77.9 Å². The van der Waals surface area contributed by atoms with Gasteiger partial charge in [0.1, 0.15) is 41.6 Å². The first-order valence-corrected chi connectivity index (χ1v) is 24.0. The van der Waals surface area contributed by atoms with Crippen LogP contribution in [0.3, 0.4) is 0 Å². The Hall–Kier alpha value is -6.19. The molecule has 360 valence electrons. The Balaban J connectivity index is 0.962. The summed E-state index contributed by atoms with van der Waals surface area (Å²) in [7, 11) is 1.82. The number of nitrogens with zero attached hydrogens (tertiary/aromatic N) is 2. The number of allylic oxidation sites excluding steroid dienone is 1. The summed E-state index contributed by atoms with van der Waals surface area (Å²) in [6.07, 6.45) is 13.6. The van der Waals surface area contributed by atoms with Crippen LogP contribution in [0.4, 0.5) is 0 Å². The monoisotopic (exact) mass is 922 g/mol. The minimum Gasteiger partial charge on any atom is -0.508 e. The van der Waals surface area contributed by atoms with Crippen molar-refractivity contribution >= 4 is 41.4 Å². The number of aromatic hydroxyl groups is 1. The highest BCUT2D eigenvalue weighted by molar-refractivity contribution is 5.99. The zero-order valence-corrected chi connectivity index (χ0v) is 39.1. The van der Waals surface area contributed by atoms with Crippen LogP contribution in [0.25, 0.3) is 0 Å². The van der Waals surface area contributed by atoms with Gasteiger partial charge in [-0.2, -0.15) is 0 Å². The van der Waals surface area contributed by atoms with Crippen molar-refractivity contribution in [3.05, 3.63) is 89.8 Å². The molecule has 4 bridgehead atoms. The fraction of sp³-hybridized carbons (Fsp3) is 0.549. The highest BCUT2D eigenvalue weighted by Gasteiger charge is 2.53. The molecule has 2 aromatic carbocycles. The van der Waals surface area contributed by atoms with Gasteiger partial charge in [-0.05, 0) is 124 Å². The van der Waals surface area contributed by atoms with Gasteiger partial charge in [-0.15, -0.1) is 0 Å². The lowest BCUT2D eigenvalue weighted by Crippen LogP contribution is -2.58. The third-order valence-corrected chi connectivity index (χ3v) is 13.9. The van der Waals surface area contributed by atoms with Crippen molar-refractivity contribution in [1.82, 2.24) is 36.4 Å². The number of esters is 1. The van der Waals surface area contributed by atoms with Gasteiger partial charge in [0.2, 0.25) is 29.5 Å². The lowest BCUT2D eigenvalue weighted by atomic mass is 9.54. The van der Waals surface area contributed by atoms with Gasteiger partial charge in [0.05, 0.1) is 6.54 Å².